The standard InChI is InChI=1S/C5H5N3O/c9-8-5-4(7-8)2-1-3-6-5/h1-3,7,9H. The zero-order chi connectivity index (χ0) is 6.27. The molecule has 0 spiro atoms. The van der Waals surface area contributed by atoms with Crippen LogP contribution >= 0.6 is 0 Å². The van der Waals surface area contributed by atoms with E-state index in [1.165, 1.54) is 0 Å². The maximum absolute atomic E-state index is 8.76. The van der Waals surface area contributed by atoms with Crippen LogP contribution in [0.1, 0.15) is 0 Å². The summed E-state index contributed by atoms with van der Waals surface area (Å²) in [6.07, 6.45) is 1.63. The summed E-state index contributed by atoms with van der Waals surface area (Å²) in [7, 11) is 0. The Labute approximate surface area is 50.7 Å². The zero-order valence-corrected chi connectivity index (χ0v) is 4.57. The molecule has 0 saturated carbocycles. The van der Waals surface area contributed by atoms with Gasteiger partial charge >= 0.3 is 0 Å². The van der Waals surface area contributed by atoms with Gasteiger partial charge in [0.05, 0.1) is 0 Å². The minimum absolute atomic E-state index is 0.581. The van der Waals surface area contributed by atoms with Gasteiger partial charge in [-0.05, 0) is 12.1 Å². The first-order chi connectivity index (χ1) is 4.38. The number of hydrogen-bond donors (Lipinski definition) is 2. The van der Waals surface area contributed by atoms with E-state index in [-0.39, 0.29) is 0 Å². The smallest absolute Gasteiger partial charge is 0.212 e. The number of hydrogen-bond acceptors (Lipinski definition) is 2. The van der Waals surface area contributed by atoms with Crippen LogP contribution in [0.3, 0.4) is 0 Å². The number of aromatic nitrogens is 3. The average Bonchev–Trinajstić information content (AvgIpc) is 1.86. The second-order valence-corrected chi connectivity index (χ2v) is 1.80. The Morgan fingerprint density at radius 1 is 1.67 bits per heavy atom. The molecule has 0 aromatic carbocycles. The van der Waals surface area contributed by atoms with Crippen LogP contribution in [-0.2, 0) is 0 Å². The fraction of sp³-hybridized carbons (Fsp3) is 0. The lowest BCUT2D eigenvalue weighted by Gasteiger charge is -2.05. The molecule has 9 heavy (non-hydrogen) atoms. The maximum atomic E-state index is 8.76. The minimum Gasteiger partial charge on any atom is -0.411 e. The molecule has 4 nitrogen and oxygen atoms in total. The van der Waals surface area contributed by atoms with Crippen LogP contribution in [0.15, 0.2) is 18.3 Å². The second kappa shape index (κ2) is 1.28. The van der Waals surface area contributed by atoms with E-state index in [0.29, 0.717) is 5.65 Å². The topological polar surface area (TPSA) is 53.8 Å². The van der Waals surface area contributed by atoms with E-state index in [1.807, 2.05) is 6.07 Å². The lowest BCUT2D eigenvalue weighted by atomic mass is 10.4. The van der Waals surface area contributed by atoms with Crippen LogP contribution in [0.2, 0.25) is 0 Å². The van der Waals surface area contributed by atoms with Gasteiger partial charge in [-0.25, -0.2) is 4.98 Å². The Balaban J connectivity index is 2.81. The van der Waals surface area contributed by atoms with Gasteiger partial charge < -0.3 is 5.21 Å². The molecule has 0 unspecified atom stereocenters. The number of aromatic amines is 1. The lowest BCUT2D eigenvalue weighted by molar-refractivity contribution is 0.150. The fourth-order valence-corrected chi connectivity index (χ4v) is 0.767. The van der Waals surface area contributed by atoms with Crippen molar-refractivity contribution in [1.29, 1.82) is 0 Å². The third-order valence-corrected chi connectivity index (χ3v) is 1.21. The van der Waals surface area contributed by atoms with Crippen LogP contribution in [0.5, 0.6) is 0 Å². The third kappa shape index (κ3) is 0.440. The van der Waals surface area contributed by atoms with Gasteiger partial charge in [0, 0.05) is 6.20 Å². The van der Waals surface area contributed by atoms with Crippen LogP contribution in [0.4, 0.5) is 0 Å². The molecule has 2 N–H and O–H groups in total. The molecule has 2 rings (SSSR count). The molecule has 0 atom stereocenters. The van der Waals surface area contributed by atoms with Gasteiger partial charge in [0.25, 0.3) is 0 Å². The fourth-order valence-electron chi connectivity index (χ4n) is 0.767. The van der Waals surface area contributed by atoms with Crippen molar-refractivity contribution in [2.24, 2.45) is 0 Å². The van der Waals surface area contributed by atoms with Gasteiger partial charge in [0.2, 0.25) is 5.65 Å². The average molecular weight is 123 g/mol. The molecule has 0 fully saturated rings. The van der Waals surface area contributed by atoms with E-state index in [4.69, 9.17) is 5.21 Å². The minimum atomic E-state index is 0.581. The highest BCUT2D eigenvalue weighted by atomic mass is 16.5. The van der Waals surface area contributed by atoms with Gasteiger partial charge in [0.1, 0.15) is 5.52 Å². The maximum Gasteiger partial charge on any atom is 0.212 e. The monoisotopic (exact) mass is 123 g/mol. The number of rotatable bonds is 0. The highest BCUT2D eigenvalue weighted by Crippen LogP contribution is 2.06. The molecular formula is C5H5N3O. The van der Waals surface area contributed by atoms with Crippen LogP contribution in [0, 0.1) is 0 Å². The van der Waals surface area contributed by atoms with E-state index in [1.54, 1.807) is 12.3 Å². The molecule has 0 saturated heterocycles. The molecule has 0 bridgehead atoms. The van der Waals surface area contributed by atoms with E-state index in [0.717, 1.165) is 10.4 Å². The molecule has 2 aromatic heterocycles. The Kier molecular flexibility index (Phi) is 0.631. The first-order valence-corrected chi connectivity index (χ1v) is 2.58. The van der Waals surface area contributed by atoms with Gasteiger partial charge in [-0.2, -0.15) is 0 Å². The van der Waals surface area contributed by atoms with Crippen molar-refractivity contribution in [3.63, 3.8) is 0 Å². The highest BCUT2D eigenvalue weighted by Gasteiger charge is 2.00. The first kappa shape index (κ1) is 4.43. The van der Waals surface area contributed by atoms with Crippen LogP contribution < -0.4 is 0 Å². The SMILES string of the molecule is On1[nH]c2cccnc21. The summed E-state index contributed by atoms with van der Waals surface area (Å²) >= 11 is 0. The van der Waals surface area contributed by atoms with E-state index in [2.05, 4.69) is 10.1 Å². The van der Waals surface area contributed by atoms with Crippen LogP contribution in [0.25, 0.3) is 11.2 Å². The first-order valence-electron chi connectivity index (χ1n) is 2.58. The van der Waals surface area contributed by atoms with Gasteiger partial charge in [-0.15, -0.1) is 4.85 Å². The van der Waals surface area contributed by atoms with Crippen molar-refractivity contribution in [2.45, 2.75) is 0 Å². The van der Waals surface area contributed by atoms with E-state index in [9.17, 15) is 0 Å². The predicted molar refractivity (Wildman–Crippen MR) is 31.3 cm³/mol. The van der Waals surface area contributed by atoms with Gasteiger partial charge in [-0.3, -0.25) is 5.10 Å². The quantitative estimate of drug-likeness (QED) is 0.504. The normalized spacial score (nSPS) is 10.7. The van der Waals surface area contributed by atoms with Crippen molar-refractivity contribution in [3.05, 3.63) is 18.3 Å². The molecule has 46 valence electrons. The molecule has 2 aromatic rings. The highest BCUT2D eigenvalue weighted by molar-refractivity contribution is 5.71. The summed E-state index contributed by atoms with van der Waals surface area (Å²) in [6, 6.07) is 3.65. The summed E-state index contributed by atoms with van der Waals surface area (Å²) in [5.41, 5.74) is 1.44. The molecule has 4 heteroatoms. The summed E-state index contributed by atoms with van der Waals surface area (Å²) in [5, 5.41) is 11.4. The molecule has 0 amide bonds. The Bertz CT molecular complexity index is 321. The molecule has 0 aliphatic rings. The summed E-state index contributed by atoms with van der Waals surface area (Å²) < 4.78 is 0. The number of H-pyrrole nitrogens is 1. The Morgan fingerprint density at radius 3 is 3.11 bits per heavy atom. The predicted octanol–water partition coefficient (Wildman–Crippen LogP) is 0.602. The molecule has 0 aliphatic carbocycles. The van der Waals surface area contributed by atoms with Gasteiger partial charge in [-0.1, -0.05) is 0 Å². The van der Waals surface area contributed by atoms with Crippen LogP contribution in [-0.4, -0.2) is 20.1 Å². The number of pyridine rings is 1. The number of nitrogens with one attached hydrogen (secondary N) is 1. The third-order valence-electron chi connectivity index (χ3n) is 1.21. The van der Waals surface area contributed by atoms with Crippen molar-refractivity contribution in [3.8, 4) is 0 Å². The van der Waals surface area contributed by atoms with Crippen molar-refractivity contribution in [2.75, 3.05) is 0 Å². The Morgan fingerprint density at radius 2 is 2.56 bits per heavy atom. The summed E-state index contributed by atoms with van der Waals surface area (Å²) in [4.78, 5) is 4.74. The van der Waals surface area contributed by atoms with E-state index < -0.39 is 0 Å². The molecule has 2 heterocycles. The molecule has 0 radical (unpaired) electrons. The van der Waals surface area contributed by atoms with Gasteiger partial charge in [0.15, 0.2) is 0 Å². The Hall–Kier alpha value is -1.45. The second-order valence-electron chi connectivity index (χ2n) is 1.80. The molecular weight excluding hydrogens is 118 g/mol. The number of fused-ring (bicyclic) bond motifs is 1. The summed E-state index contributed by atoms with van der Waals surface area (Å²) in [5.74, 6) is 0. The zero-order valence-electron chi connectivity index (χ0n) is 4.57. The molecule has 0 aliphatic heterocycles. The van der Waals surface area contributed by atoms with Crippen molar-refractivity contribution in [1.82, 2.24) is 14.9 Å². The largest absolute Gasteiger partial charge is 0.411 e. The van der Waals surface area contributed by atoms with Crippen molar-refractivity contribution >= 4 is 11.2 Å². The lowest BCUT2D eigenvalue weighted by Crippen LogP contribution is -2.07. The van der Waals surface area contributed by atoms with Crippen molar-refractivity contribution < 1.29 is 5.21 Å². The van der Waals surface area contributed by atoms with E-state index >= 15 is 0 Å². The number of nitrogens with zero attached hydrogens (tertiary/aromatic N) is 2. The summed E-state index contributed by atoms with van der Waals surface area (Å²) in [6.45, 7) is 0.